The van der Waals surface area contributed by atoms with Crippen molar-refractivity contribution < 1.29 is 4.79 Å². The number of imidazole rings is 1. The highest BCUT2D eigenvalue weighted by molar-refractivity contribution is 5.90. The number of aromatic nitrogens is 2. The molecule has 0 radical (unpaired) electrons. The number of nitrogens with zero attached hydrogens (tertiary/aromatic N) is 2. The lowest BCUT2D eigenvalue weighted by atomic mass is 9.43. The normalized spacial score (nSPS) is 31.8. The van der Waals surface area contributed by atoms with Gasteiger partial charge in [0, 0.05) is 29.3 Å². The van der Waals surface area contributed by atoms with Crippen LogP contribution in [0.15, 0.2) is 36.7 Å². The van der Waals surface area contributed by atoms with Gasteiger partial charge in [0.2, 0.25) is 0 Å². The van der Waals surface area contributed by atoms with E-state index in [1.807, 2.05) is 42.0 Å². The van der Waals surface area contributed by atoms with Crippen LogP contribution in [-0.2, 0) is 0 Å². The van der Waals surface area contributed by atoms with Crippen LogP contribution in [0.3, 0.4) is 0 Å². The molecule has 2 aromatic rings. The summed E-state index contributed by atoms with van der Waals surface area (Å²) in [6, 6.07) is 7.84. The first-order valence-electron chi connectivity index (χ1n) is 9.75. The van der Waals surface area contributed by atoms with E-state index in [1.165, 1.54) is 38.5 Å². The summed E-state index contributed by atoms with van der Waals surface area (Å²) in [5, 5.41) is 6.37. The third-order valence-electron chi connectivity index (χ3n) is 6.73. The molecule has 1 unspecified atom stereocenters. The zero-order valence-electron chi connectivity index (χ0n) is 15.3. The summed E-state index contributed by atoms with van der Waals surface area (Å²) < 4.78 is 2.01. The maximum absolute atomic E-state index is 12.7. The highest BCUT2D eigenvalue weighted by Gasteiger charge is 2.61. The smallest absolute Gasteiger partial charge is 0.319 e. The van der Waals surface area contributed by atoms with E-state index in [1.54, 1.807) is 6.20 Å². The fourth-order valence-electron chi connectivity index (χ4n) is 6.09. The second-order valence-electron chi connectivity index (χ2n) is 8.77. The molecule has 26 heavy (non-hydrogen) atoms. The zero-order chi connectivity index (χ0) is 17.8. The Balaban J connectivity index is 1.27. The number of anilines is 1. The Bertz CT molecular complexity index is 844. The molecule has 1 aromatic heterocycles. The molecule has 4 fully saturated rings. The third-order valence-corrected chi connectivity index (χ3v) is 6.73. The Morgan fingerprint density at radius 1 is 1.31 bits per heavy atom. The van der Waals surface area contributed by atoms with Crippen LogP contribution in [0.2, 0.25) is 0 Å². The van der Waals surface area contributed by atoms with Gasteiger partial charge in [0.25, 0.3) is 0 Å². The summed E-state index contributed by atoms with van der Waals surface area (Å²) in [5.74, 6) is 1.75. The van der Waals surface area contributed by atoms with Crippen LogP contribution in [0.4, 0.5) is 10.5 Å². The van der Waals surface area contributed by atoms with Gasteiger partial charge in [-0.15, -0.1) is 0 Å². The first-order valence-corrected chi connectivity index (χ1v) is 9.75. The molecule has 3 bridgehead atoms. The maximum atomic E-state index is 12.7. The van der Waals surface area contributed by atoms with Gasteiger partial charge in [0.15, 0.2) is 0 Å². The minimum atomic E-state index is -0.0701. The monoisotopic (exact) mass is 350 g/mol. The Hall–Kier alpha value is -2.30. The predicted molar refractivity (Wildman–Crippen MR) is 101 cm³/mol. The number of hydrogen-bond donors (Lipinski definition) is 2. The van der Waals surface area contributed by atoms with Crippen LogP contribution >= 0.6 is 0 Å². The lowest BCUT2D eigenvalue weighted by Crippen LogP contribution is -2.67. The van der Waals surface area contributed by atoms with Crippen LogP contribution in [0.5, 0.6) is 0 Å². The number of amides is 2. The Kier molecular flexibility index (Phi) is 3.43. The van der Waals surface area contributed by atoms with Gasteiger partial charge < -0.3 is 15.2 Å². The molecule has 1 aromatic carbocycles. The fraction of sp³-hybridized carbons (Fsp3) is 0.524. The van der Waals surface area contributed by atoms with E-state index in [0.29, 0.717) is 5.41 Å². The number of aryl methyl sites for hydroxylation is 1. The standard InChI is InChI=1S/C21H26N4O/c1-15-22-8-9-25(15)18-6-2-5-17(10-18)23-19(26)24-21-12-16-4-3-7-20(11-16,13-21)14-21/h2,5-6,8-10,16H,3-4,7,11-14H2,1H3,(H2,23,24,26). The summed E-state index contributed by atoms with van der Waals surface area (Å²) in [7, 11) is 0. The van der Waals surface area contributed by atoms with Crippen LogP contribution in [0.25, 0.3) is 5.69 Å². The molecule has 1 spiro atoms. The molecule has 1 atom stereocenters. The summed E-state index contributed by atoms with van der Waals surface area (Å²) in [4.78, 5) is 16.9. The highest BCUT2D eigenvalue weighted by atomic mass is 16.2. The van der Waals surface area contributed by atoms with Gasteiger partial charge >= 0.3 is 6.03 Å². The van der Waals surface area contributed by atoms with Crippen molar-refractivity contribution >= 4 is 11.7 Å². The largest absolute Gasteiger partial charge is 0.332 e. The van der Waals surface area contributed by atoms with Crippen LogP contribution < -0.4 is 10.6 Å². The molecule has 4 aliphatic rings. The van der Waals surface area contributed by atoms with E-state index in [9.17, 15) is 4.79 Å². The van der Waals surface area contributed by atoms with E-state index < -0.39 is 0 Å². The van der Waals surface area contributed by atoms with Gasteiger partial charge in [0.05, 0.1) is 0 Å². The van der Waals surface area contributed by atoms with Crippen LogP contribution in [0, 0.1) is 18.3 Å². The van der Waals surface area contributed by atoms with Crippen molar-refractivity contribution in [2.45, 2.75) is 57.4 Å². The fourth-order valence-corrected chi connectivity index (χ4v) is 6.09. The minimum Gasteiger partial charge on any atom is -0.332 e. The van der Waals surface area contributed by atoms with E-state index in [0.717, 1.165) is 29.5 Å². The van der Waals surface area contributed by atoms with Gasteiger partial charge in [-0.05, 0) is 68.6 Å². The molecule has 4 saturated carbocycles. The topological polar surface area (TPSA) is 59.0 Å². The second kappa shape index (κ2) is 5.60. The second-order valence-corrected chi connectivity index (χ2v) is 8.77. The molecular formula is C21H26N4O. The molecule has 2 amide bonds. The quantitative estimate of drug-likeness (QED) is 0.861. The van der Waals surface area contributed by atoms with E-state index in [2.05, 4.69) is 15.6 Å². The summed E-state index contributed by atoms with van der Waals surface area (Å²) in [6.45, 7) is 1.97. The number of rotatable bonds is 3. The number of hydrogen-bond acceptors (Lipinski definition) is 2. The lowest BCUT2D eigenvalue weighted by molar-refractivity contribution is -0.102. The molecule has 5 heteroatoms. The zero-order valence-corrected chi connectivity index (χ0v) is 15.3. The Morgan fingerprint density at radius 2 is 2.19 bits per heavy atom. The third kappa shape index (κ3) is 2.61. The van der Waals surface area contributed by atoms with Crippen molar-refractivity contribution in [2.75, 3.05) is 5.32 Å². The van der Waals surface area contributed by atoms with Crippen molar-refractivity contribution in [3.05, 3.63) is 42.5 Å². The van der Waals surface area contributed by atoms with Crippen molar-refractivity contribution in [3.63, 3.8) is 0 Å². The van der Waals surface area contributed by atoms with Crippen molar-refractivity contribution in [1.29, 1.82) is 0 Å². The maximum Gasteiger partial charge on any atom is 0.319 e. The summed E-state index contributed by atoms with van der Waals surface area (Å²) in [5.41, 5.74) is 2.42. The lowest BCUT2D eigenvalue weighted by Gasteiger charge is -2.65. The van der Waals surface area contributed by atoms with Crippen LogP contribution in [-0.4, -0.2) is 21.1 Å². The highest BCUT2D eigenvalue weighted by Crippen LogP contribution is 2.65. The van der Waals surface area contributed by atoms with Gasteiger partial charge in [-0.3, -0.25) is 0 Å². The van der Waals surface area contributed by atoms with Gasteiger partial charge in [-0.2, -0.15) is 0 Å². The molecule has 6 rings (SSSR count). The SMILES string of the molecule is Cc1nccn1-c1cccc(NC(=O)NC23CC4CCCC(C4)(C2)C3)c1. The summed E-state index contributed by atoms with van der Waals surface area (Å²) >= 11 is 0. The number of carbonyl (C=O) groups is 1. The molecule has 2 N–H and O–H groups in total. The molecule has 0 saturated heterocycles. The molecular weight excluding hydrogens is 324 g/mol. The van der Waals surface area contributed by atoms with E-state index in [4.69, 9.17) is 0 Å². The number of benzene rings is 1. The molecule has 5 nitrogen and oxygen atoms in total. The Morgan fingerprint density at radius 3 is 2.96 bits per heavy atom. The van der Waals surface area contributed by atoms with Gasteiger partial charge in [-0.1, -0.05) is 18.9 Å². The minimum absolute atomic E-state index is 0.0476. The van der Waals surface area contributed by atoms with Gasteiger partial charge in [-0.25, -0.2) is 9.78 Å². The van der Waals surface area contributed by atoms with E-state index >= 15 is 0 Å². The first kappa shape index (κ1) is 15.9. The average Bonchev–Trinajstić information content (AvgIpc) is 2.99. The first-order chi connectivity index (χ1) is 12.5. The predicted octanol–water partition coefficient (Wildman–Crippen LogP) is 4.42. The molecule has 136 valence electrons. The Labute approximate surface area is 154 Å². The number of carbonyl (C=O) groups excluding carboxylic acids is 1. The molecule has 4 aliphatic carbocycles. The van der Waals surface area contributed by atoms with Crippen LogP contribution in [0.1, 0.15) is 50.8 Å². The number of nitrogens with one attached hydrogen (secondary N) is 2. The van der Waals surface area contributed by atoms with E-state index in [-0.39, 0.29) is 11.6 Å². The molecule has 1 heterocycles. The van der Waals surface area contributed by atoms with Crippen molar-refractivity contribution in [2.24, 2.45) is 11.3 Å². The van der Waals surface area contributed by atoms with Crippen molar-refractivity contribution in [3.8, 4) is 5.69 Å². The van der Waals surface area contributed by atoms with Crippen molar-refractivity contribution in [1.82, 2.24) is 14.9 Å². The molecule has 0 aliphatic heterocycles. The average molecular weight is 350 g/mol. The van der Waals surface area contributed by atoms with Gasteiger partial charge in [0.1, 0.15) is 5.82 Å². The summed E-state index contributed by atoms with van der Waals surface area (Å²) in [6.07, 6.45) is 12.7. The number of urea groups is 1.